The molecule has 26 heavy (non-hydrogen) atoms. The fraction of sp³-hybridized carbons (Fsp3) is 0.870. The normalized spacial score (nSPS) is 17.5. The Morgan fingerprint density at radius 2 is 1.42 bits per heavy atom. The third-order valence-corrected chi connectivity index (χ3v) is 20.6. The Labute approximate surface area is 168 Å². The molecule has 0 radical (unpaired) electrons. The van der Waals surface area contributed by atoms with Gasteiger partial charge in [0, 0.05) is 0 Å². The summed E-state index contributed by atoms with van der Waals surface area (Å²) in [6, 6.07) is 0.442. The summed E-state index contributed by atoms with van der Waals surface area (Å²) in [6.45, 7) is 12.4. The van der Waals surface area contributed by atoms with Gasteiger partial charge in [0.25, 0.3) is 0 Å². The predicted molar refractivity (Wildman–Crippen MR) is 118 cm³/mol. The Morgan fingerprint density at radius 1 is 0.923 bits per heavy atom. The number of rotatable bonds is 13. The van der Waals surface area contributed by atoms with Gasteiger partial charge in [-0.1, -0.05) is 0 Å². The Balaban J connectivity index is 3.11. The number of amides is 1. The first-order valence-electron chi connectivity index (χ1n) is 11.6. The molecular formula is C23H45NOSn. The van der Waals surface area contributed by atoms with Crippen molar-refractivity contribution < 1.29 is 4.79 Å². The Bertz CT molecular complexity index is 406. The minimum atomic E-state index is -2.37. The molecule has 0 unspecified atom stereocenters. The third-order valence-electron chi connectivity index (χ3n) is 6.33. The first kappa shape index (κ1) is 24.0. The topological polar surface area (TPSA) is 20.3 Å². The van der Waals surface area contributed by atoms with Crippen LogP contribution in [0.4, 0.5) is 0 Å². The van der Waals surface area contributed by atoms with Crippen LogP contribution >= 0.6 is 0 Å². The van der Waals surface area contributed by atoms with Gasteiger partial charge in [-0.15, -0.1) is 0 Å². The molecule has 1 aliphatic rings. The summed E-state index contributed by atoms with van der Waals surface area (Å²) in [5, 5.41) is 0. The van der Waals surface area contributed by atoms with E-state index in [0.717, 1.165) is 25.8 Å². The first-order chi connectivity index (χ1) is 12.6. The molecule has 1 saturated heterocycles. The van der Waals surface area contributed by atoms with Crippen LogP contribution in [0.3, 0.4) is 0 Å². The zero-order valence-electron chi connectivity index (χ0n) is 18.4. The number of hydrogen-bond acceptors (Lipinski definition) is 1. The molecule has 0 aromatic rings. The molecule has 1 amide bonds. The molecule has 1 rings (SSSR count). The van der Waals surface area contributed by atoms with E-state index in [4.69, 9.17) is 0 Å². The van der Waals surface area contributed by atoms with Gasteiger partial charge in [0.15, 0.2) is 0 Å². The van der Waals surface area contributed by atoms with E-state index in [0.29, 0.717) is 11.9 Å². The number of carbonyl (C=O) groups excluding carboxylic acids is 1. The summed E-state index contributed by atoms with van der Waals surface area (Å²) in [5.74, 6) is 0.399. The second-order valence-corrected chi connectivity index (χ2v) is 21.3. The van der Waals surface area contributed by atoms with Crippen molar-refractivity contribution >= 4 is 24.3 Å². The van der Waals surface area contributed by atoms with Gasteiger partial charge >= 0.3 is 168 Å². The molecule has 3 heteroatoms. The molecule has 1 aliphatic heterocycles. The van der Waals surface area contributed by atoms with Gasteiger partial charge < -0.3 is 0 Å². The zero-order valence-corrected chi connectivity index (χ0v) is 21.3. The first-order valence-corrected chi connectivity index (χ1v) is 19.3. The third kappa shape index (κ3) is 7.20. The second-order valence-electron chi connectivity index (χ2n) is 8.42. The molecule has 0 bridgehead atoms. The van der Waals surface area contributed by atoms with E-state index in [9.17, 15) is 4.79 Å². The SMILES string of the molecule is CCC[CH2][Sn](/[CH]=C1/CCCN(C(CC)CC)C1=O)([CH2]CCC)[CH2]CCC. The van der Waals surface area contributed by atoms with Gasteiger partial charge in [-0.2, -0.15) is 0 Å². The summed E-state index contributed by atoms with van der Waals surface area (Å²) < 4.78 is 7.08. The van der Waals surface area contributed by atoms with E-state index in [1.807, 2.05) is 0 Å². The molecule has 152 valence electrons. The van der Waals surface area contributed by atoms with Crippen molar-refractivity contribution in [2.75, 3.05) is 6.54 Å². The maximum atomic E-state index is 13.3. The van der Waals surface area contributed by atoms with E-state index in [1.165, 1.54) is 63.8 Å². The van der Waals surface area contributed by atoms with Crippen molar-refractivity contribution in [3.8, 4) is 0 Å². The average molecular weight is 470 g/mol. The number of piperidine rings is 1. The van der Waals surface area contributed by atoms with Crippen molar-refractivity contribution in [3.63, 3.8) is 0 Å². The van der Waals surface area contributed by atoms with E-state index >= 15 is 0 Å². The summed E-state index contributed by atoms with van der Waals surface area (Å²) >= 11 is -2.37. The van der Waals surface area contributed by atoms with E-state index in [-0.39, 0.29) is 0 Å². The number of unbranched alkanes of at least 4 members (excludes halogenated alkanes) is 3. The summed E-state index contributed by atoms with van der Waals surface area (Å²) in [7, 11) is 0. The number of carbonyl (C=O) groups is 1. The van der Waals surface area contributed by atoms with Crippen LogP contribution in [-0.2, 0) is 4.79 Å². The quantitative estimate of drug-likeness (QED) is 0.208. The number of likely N-dealkylation sites (tertiary alicyclic amines) is 1. The van der Waals surface area contributed by atoms with Gasteiger partial charge in [0.2, 0.25) is 0 Å². The molecule has 2 nitrogen and oxygen atoms in total. The summed E-state index contributed by atoms with van der Waals surface area (Å²) in [4.78, 5) is 15.5. The fourth-order valence-electron chi connectivity index (χ4n) is 4.59. The van der Waals surface area contributed by atoms with Crippen LogP contribution < -0.4 is 0 Å². The fourth-order valence-corrected chi connectivity index (χ4v) is 19.9. The summed E-state index contributed by atoms with van der Waals surface area (Å²) in [5.41, 5.74) is 1.22. The minimum absolute atomic E-state index is 0.399. The molecule has 0 N–H and O–H groups in total. The summed E-state index contributed by atoms with van der Waals surface area (Å²) in [6.07, 6.45) is 12.4. The Hall–Kier alpha value is 0.00870. The number of hydrogen-bond donors (Lipinski definition) is 0. The molecule has 0 saturated carbocycles. The molecule has 1 heterocycles. The van der Waals surface area contributed by atoms with Crippen LogP contribution in [0, 0.1) is 0 Å². The molecule has 0 atom stereocenters. The molecular weight excluding hydrogens is 425 g/mol. The van der Waals surface area contributed by atoms with Crippen molar-refractivity contribution in [1.82, 2.24) is 4.90 Å². The zero-order chi connectivity index (χ0) is 19.4. The molecule has 0 aromatic heterocycles. The van der Waals surface area contributed by atoms with Crippen LogP contribution in [0.15, 0.2) is 9.67 Å². The van der Waals surface area contributed by atoms with Gasteiger partial charge in [-0.05, 0) is 0 Å². The maximum absolute atomic E-state index is 13.3. The molecule has 1 fully saturated rings. The van der Waals surface area contributed by atoms with E-state index < -0.39 is 18.4 Å². The second kappa shape index (κ2) is 13.2. The van der Waals surface area contributed by atoms with E-state index in [2.05, 4.69) is 43.6 Å². The number of nitrogens with zero attached hydrogens (tertiary/aromatic N) is 1. The predicted octanol–water partition coefficient (Wildman–Crippen LogP) is 7.11. The molecule has 0 spiro atoms. The Kier molecular flexibility index (Phi) is 12.2. The van der Waals surface area contributed by atoms with Gasteiger partial charge in [0.05, 0.1) is 0 Å². The van der Waals surface area contributed by atoms with Crippen molar-refractivity contribution in [1.29, 1.82) is 0 Å². The molecule has 0 aromatic carbocycles. The van der Waals surface area contributed by atoms with Crippen LogP contribution in [0.2, 0.25) is 13.3 Å². The van der Waals surface area contributed by atoms with Crippen molar-refractivity contribution in [2.45, 2.75) is 118 Å². The standard InChI is InChI=1S/C11H18NO.3C4H9.Sn/c1-4-10(5-2)12-8-6-7-9(3)11(12)13;3*1-3-4-2;/h3,10H,4-8H2,1-2H3;3*1,3-4H2,2H3;. The van der Waals surface area contributed by atoms with Gasteiger partial charge in [-0.25, -0.2) is 0 Å². The Morgan fingerprint density at radius 3 is 1.85 bits per heavy atom. The van der Waals surface area contributed by atoms with Gasteiger partial charge in [0.1, 0.15) is 0 Å². The van der Waals surface area contributed by atoms with Crippen LogP contribution in [0.5, 0.6) is 0 Å². The van der Waals surface area contributed by atoms with Gasteiger partial charge in [-0.3, -0.25) is 0 Å². The van der Waals surface area contributed by atoms with E-state index in [1.54, 1.807) is 0 Å². The monoisotopic (exact) mass is 471 g/mol. The van der Waals surface area contributed by atoms with Crippen LogP contribution in [0.1, 0.15) is 98.8 Å². The van der Waals surface area contributed by atoms with Crippen LogP contribution in [0.25, 0.3) is 0 Å². The van der Waals surface area contributed by atoms with Crippen molar-refractivity contribution in [2.24, 2.45) is 0 Å². The van der Waals surface area contributed by atoms with Crippen molar-refractivity contribution in [3.05, 3.63) is 9.67 Å². The molecule has 0 aliphatic carbocycles. The van der Waals surface area contributed by atoms with Crippen LogP contribution in [-0.4, -0.2) is 41.8 Å². The average Bonchev–Trinajstić information content (AvgIpc) is 2.66.